The number of hydrogen-bond donors (Lipinski definition) is 0. The molecule has 0 bridgehead atoms. The molecule has 0 atom stereocenters. The fourth-order valence-electron chi connectivity index (χ4n) is 2.96. The van der Waals surface area contributed by atoms with Crippen LogP contribution in [0, 0.1) is 6.92 Å². The second-order valence-corrected chi connectivity index (χ2v) is 6.00. The standard InChI is InChI=1S/C20H21NO3/c1-3-4-12-24-17-11-6-5-9-15(17)13-21-18-14(2)8-7-10-16(18)19(22)20(21)23/h5-11H,3-4,12-13H2,1-2H3. The molecule has 0 aliphatic carbocycles. The van der Waals surface area contributed by atoms with Crippen LogP contribution in [0.3, 0.4) is 0 Å². The number of fused-ring (bicyclic) bond motifs is 1. The number of anilines is 1. The third-order valence-electron chi connectivity index (χ3n) is 4.25. The molecule has 0 fully saturated rings. The molecule has 3 rings (SSSR count). The highest BCUT2D eigenvalue weighted by Crippen LogP contribution is 2.34. The lowest BCUT2D eigenvalue weighted by Gasteiger charge is -2.20. The first-order chi connectivity index (χ1) is 11.6. The van der Waals surface area contributed by atoms with E-state index in [-0.39, 0.29) is 0 Å². The maximum atomic E-state index is 12.4. The lowest BCUT2D eigenvalue weighted by atomic mass is 10.1. The Bertz CT molecular complexity index is 782. The van der Waals surface area contributed by atoms with Crippen LogP contribution in [0.4, 0.5) is 5.69 Å². The van der Waals surface area contributed by atoms with Crippen LogP contribution in [0.1, 0.15) is 41.3 Å². The second kappa shape index (κ2) is 6.87. The summed E-state index contributed by atoms with van der Waals surface area (Å²) in [6.45, 7) is 5.02. The van der Waals surface area contributed by atoms with E-state index < -0.39 is 11.7 Å². The molecule has 0 unspecified atom stereocenters. The van der Waals surface area contributed by atoms with Crippen molar-refractivity contribution in [2.75, 3.05) is 11.5 Å². The van der Waals surface area contributed by atoms with Crippen molar-refractivity contribution in [2.24, 2.45) is 0 Å². The van der Waals surface area contributed by atoms with Gasteiger partial charge in [-0.15, -0.1) is 0 Å². The molecule has 1 heterocycles. The summed E-state index contributed by atoms with van der Waals surface area (Å²) in [7, 11) is 0. The first-order valence-corrected chi connectivity index (χ1v) is 8.30. The van der Waals surface area contributed by atoms with Gasteiger partial charge in [0.25, 0.3) is 11.7 Å². The van der Waals surface area contributed by atoms with Crippen LogP contribution in [0.15, 0.2) is 42.5 Å². The molecule has 0 spiro atoms. The number of ether oxygens (including phenoxy) is 1. The van der Waals surface area contributed by atoms with E-state index in [1.165, 1.54) is 0 Å². The van der Waals surface area contributed by atoms with E-state index in [9.17, 15) is 9.59 Å². The molecular weight excluding hydrogens is 302 g/mol. The SMILES string of the molecule is CCCCOc1ccccc1CN1C(=O)C(=O)c2cccc(C)c21. The molecule has 2 aromatic carbocycles. The molecule has 2 aromatic rings. The highest BCUT2D eigenvalue weighted by Gasteiger charge is 2.36. The summed E-state index contributed by atoms with van der Waals surface area (Å²) in [6.07, 6.45) is 2.05. The Hall–Kier alpha value is -2.62. The van der Waals surface area contributed by atoms with Crippen molar-refractivity contribution in [1.29, 1.82) is 0 Å². The predicted octanol–water partition coefficient (Wildman–Crippen LogP) is 3.90. The van der Waals surface area contributed by atoms with Gasteiger partial charge in [0.1, 0.15) is 5.75 Å². The highest BCUT2D eigenvalue weighted by atomic mass is 16.5. The van der Waals surface area contributed by atoms with Gasteiger partial charge in [0.05, 0.1) is 24.4 Å². The molecule has 1 aliphatic rings. The third-order valence-corrected chi connectivity index (χ3v) is 4.25. The summed E-state index contributed by atoms with van der Waals surface area (Å²) in [5.41, 5.74) is 3.04. The van der Waals surface area contributed by atoms with Gasteiger partial charge in [-0.3, -0.25) is 14.5 Å². The molecule has 0 saturated carbocycles. The number of carbonyl (C=O) groups excluding carboxylic acids is 2. The van der Waals surface area contributed by atoms with E-state index in [2.05, 4.69) is 6.92 Å². The number of benzene rings is 2. The van der Waals surface area contributed by atoms with Crippen LogP contribution < -0.4 is 9.64 Å². The van der Waals surface area contributed by atoms with Crippen molar-refractivity contribution in [1.82, 2.24) is 0 Å². The number of aryl methyl sites for hydroxylation is 1. The first-order valence-electron chi connectivity index (χ1n) is 8.30. The lowest BCUT2D eigenvalue weighted by molar-refractivity contribution is -0.114. The summed E-state index contributed by atoms with van der Waals surface area (Å²) in [5.74, 6) is -0.131. The van der Waals surface area contributed by atoms with Crippen LogP contribution >= 0.6 is 0 Å². The molecule has 0 saturated heterocycles. The predicted molar refractivity (Wildman–Crippen MR) is 93.5 cm³/mol. The lowest BCUT2D eigenvalue weighted by Crippen LogP contribution is -2.29. The number of Topliss-reactive ketones (excluding diaryl/α,β-unsaturated/α-hetero) is 1. The number of rotatable bonds is 6. The highest BCUT2D eigenvalue weighted by molar-refractivity contribution is 6.52. The molecule has 4 nitrogen and oxygen atoms in total. The average Bonchev–Trinajstić information content (AvgIpc) is 2.83. The molecule has 0 aromatic heterocycles. The van der Waals surface area contributed by atoms with Crippen molar-refractivity contribution in [3.63, 3.8) is 0 Å². The number of unbranched alkanes of at least 4 members (excludes halogenated alkanes) is 1. The Morgan fingerprint density at radius 2 is 1.83 bits per heavy atom. The van der Waals surface area contributed by atoms with E-state index in [0.29, 0.717) is 18.7 Å². The molecule has 4 heteroatoms. The summed E-state index contributed by atoms with van der Waals surface area (Å²) < 4.78 is 5.85. The van der Waals surface area contributed by atoms with E-state index in [1.807, 2.05) is 43.3 Å². The smallest absolute Gasteiger partial charge is 0.299 e. The van der Waals surface area contributed by atoms with Crippen molar-refractivity contribution in [3.05, 3.63) is 59.2 Å². The molecule has 124 valence electrons. The Morgan fingerprint density at radius 3 is 2.62 bits per heavy atom. The Labute approximate surface area is 142 Å². The summed E-state index contributed by atoms with van der Waals surface area (Å²) in [4.78, 5) is 26.2. The molecule has 24 heavy (non-hydrogen) atoms. The molecule has 0 radical (unpaired) electrons. The van der Waals surface area contributed by atoms with E-state index in [0.717, 1.165) is 35.4 Å². The number of ketones is 1. The normalized spacial score (nSPS) is 13.3. The van der Waals surface area contributed by atoms with Crippen LogP contribution in [0.5, 0.6) is 5.75 Å². The zero-order valence-electron chi connectivity index (χ0n) is 14.0. The largest absolute Gasteiger partial charge is 0.493 e. The molecule has 1 amide bonds. The monoisotopic (exact) mass is 323 g/mol. The van der Waals surface area contributed by atoms with Gasteiger partial charge in [-0.25, -0.2) is 0 Å². The van der Waals surface area contributed by atoms with Gasteiger partial charge in [-0.1, -0.05) is 43.7 Å². The minimum Gasteiger partial charge on any atom is -0.493 e. The Kier molecular flexibility index (Phi) is 4.65. The summed E-state index contributed by atoms with van der Waals surface area (Å²) in [5, 5.41) is 0. The zero-order valence-corrected chi connectivity index (χ0v) is 14.0. The maximum absolute atomic E-state index is 12.4. The maximum Gasteiger partial charge on any atom is 0.299 e. The van der Waals surface area contributed by atoms with E-state index >= 15 is 0 Å². The van der Waals surface area contributed by atoms with Crippen molar-refractivity contribution in [2.45, 2.75) is 33.2 Å². The van der Waals surface area contributed by atoms with Gasteiger partial charge in [0.15, 0.2) is 0 Å². The summed E-state index contributed by atoms with van der Waals surface area (Å²) >= 11 is 0. The minimum atomic E-state index is -0.470. The number of hydrogen-bond acceptors (Lipinski definition) is 3. The Balaban J connectivity index is 1.90. The van der Waals surface area contributed by atoms with Gasteiger partial charge in [-0.2, -0.15) is 0 Å². The fraction of sp³-hybridized carbons (Fsp3) is 0.300. The van der Waals surface area contributed by atoms with Gasteiger partial charge in [-0.05, 0) is 31.0 Å². The zero-order chi connectivity index (χ0) is 17.1. The van der Waals surface area contributed by atoms with Crippen molar-refractivity contribution in [3.8, 4) is 5.75 Å². The summed E-state index contributed by atoms with van der Waals surface area (Å²) in [6, 6.07) is 13.1. The number of carbonyl (C=O) groups is 2. The van der Waals surface area contributed by atoms with E-state index in [1.54, 1.807) is 11.0 Å². The van der Waals surface area contributed by atoms with Crippen LogP contribution in [0.25, 0.3) is 0 Å². The molecular formula is C20H21NO3. The van der Waals surface area contributed by atoms with Gasteiger partial charge in [0, 0.05) is 5.56 Å². The van der Waals surface area contributed by atoms with Crippen LogP contribution in [-0.4, -0.2) is 18.3 Å². The number of para-hydroxylation sites is 2. The number of nitrogens with zero attached hydrogens (tertiary/aromatic N) is 1. The van der Waals surface area contributed by atoms with Crippen LogP contribution in [-0.2, 0) is 11.3 Å². The minimum absolute atomic E-state index is 0.338. The van der Waals surface area contributed by atoms with Crippen molar-refractivity contribution < 1.29 is 14.3 Å². The van der Waals surface area contributed by atoms with Crippen molar-refractivity contribution >= 4 is 17.4 Å². The van der Waals surface area contributed by atoms with Gasteiger partial charge >= 0.3 is 0 Å². The second-order valence-electron chi connectivity index (χ2n) is 6.00. The molecule has 1 aliphatic heterocycles. The van der Waals surface area contributed by atoms with E-state index in [4.69, 9.17) is 4.74 Å². The van der Waals surface area contributed by atoms with Gasteiger partial charge < -0.3 is 4.74 Å². The molecule has 0 N–H and O–H groups in total. The third kappa shape index (κ3) is 2.92. The van der Waals surface area contributed by atoms with Crippen LogP contribution in [0.2, 0.25) is 0 Å². The average molecular weight is 323 g/mol. The fourth-order valence-corrected chi connectivity index (χ4v) is 2.96. The number of amides is 1. The first kappa shape index (κ1) is 16.2. The quantitative estimate of drug-likeness (QED) is 0.598. The topological polar surface area (TPSA) is 46.6 Å². The van der Waals surface area contributed by atoms with Gasteiger partial charge in [0.2, 0.25) is 0 Å². The Morgan fingerprint density at radius 1 is 1.04 bits per heavy atom.